The molecule has 0 aliphatic carbocycles. The van der Waals surface area contributed by atoms with Crippen molar-refractivity contribution in [1.82, 2.24) is 4.98 Å². The number of nitrogens with zero attached hydrogens (tertiary/aromatic N) is 1. The van der Waals surface area contributed by atoms with E-state index in [1.165, 1.54) is 23.5 Å². The van der Waals surface area contributed by atoms with Crippen molar-refractivity contribution in [3.63, 3.8) is 0 Å². The van der Waals surface area contributed by atoms with Crippen LogP contribution in [0.25, 0.3) is 10.8 Å². The highest BCUT2D eigenvalue weighted by atomic mass is 32.2. The van der Waals surface area contributed by atoms with Crippen molar-refractivity contribution in [3.05, 3.63) is 83.9 Å². The lowest BCUT2D eigenvalue weighted by Crippen LogP contribution is -2.13. The molecule has 152 valence electrons. The number of sulfonamides is 1. The predicted octanol–water partition coefficient (Wildman–Crippen LogP) is 4.67. The summed E-state index contributed by atoms with van der Waals surface area (Å²) < 4.78 is 27.2. The minimum absolute atomic E-state index is 0.120. The van der Waals surface area contributed by atoms with Crippen LogP contribution in [0.1, 0.15) is 12.1 Å². The second-order valence-corrected chi connectivity index (χ2v) is 9.18. The average molecular weight is 438 g/mol. The van der Waals surface area contributed by atoms with E-state index in [1.54, 1.807) is 23.6 Å². The number of fused-ring (bicyclic) bond motifs is 1. The fourth-order valence-corrected chi connectivity index (χ4v) is 5.05. The number of hydrogen-bond acceptors (Lipinski definition) is 5. The smallest absolute Gasteiger partial charge is 0.263 e. The first-order valence-corrected chi connectivity index (χ1v) is 11.7. The van der Waals surface area contributed by atoms with E-state index >= 15 is 0 Å². The molecule has 6 nitrogen and oxygen atoms in total. The van der Waals surface area contributed by atoms with Crippen LogP contribution < -0.4 is 10.0 Å². The number of carbonyl (C=O) groups excluding carboxylic acids is 1. The maximum atomic E-state index is 12.4. The number of amides is 1. The van der Waals surface area contributed by atoms with Crippen LogP contribution >= 0.6 is 11.3 Å². The van der Waals surface area contributed by atoms with Crippen LogP contribution in [0, 0.1) is 0 Å². The summed E-state index contributed by atoms with van der Waals surface area (Å²) in [5, 5.41) is 7.03. The maximum absolute atomic E-state index is 12.4. The summed E-state index contributed by atoms with van der Waals surface area (Å²) in [5.74, 6) is -0.120. The van der Waals surface area contributed by atoms with Gasteiger partial charge in [-0.1, -0.05) is 54.6 Å². The van der Waals surface area contributed by atoms with Gasteiger partial charge < -0.3 is 5.32 Å². The highest BCUT2D eigenvalue weighted by molar-refractivity contribution is 7.93. The Morgan fingerprint density at radius 3 is 2.50 bits per heavy atom. The summed E-state index contributed by atoms with van der Waals surface area (Å²) in [4.78, 5) is 16.9. The minimum atomic E-state index is -3.67. The Kier molecular flexibility index (Phi) is 5.78. The highest BCUT2D eigenvalue weighted by Gasteiger charge is 2.16. The van der Waals surface area contributed by atoms with E-state index in [9.17, 15) is 13.2 Å². The number of aryl methyl sites for hydroxylation is 1. The van der Waals surface area contributed by atoms with Gasteiger partial charge in [-0.3, -0.25) is 9.52 Å². The Morgan fingerprint density at radius 2 is 1.67 bits per heavy atom. The molecule has 3 aromatic carbocycles. The third-order valence-electron chi connectivity index (χ3n) is 4.50. The Balaban J connectivity index is 1.37. The van der Waals surface area contributed by atoms with Crippen LogP contribution in [-0.2, 0) is 21.2 Å². The first-order chi connectivity index (χ1) is 14.5. The zero-order chi connectivity index (χ0) is 21.0. The second kappa shape index (κ2) is 8.64. The lowest BCUT2D eigenvalue weighted by atomic mass is 10.1. The van der Waals surface area contributed by atoms with Gasteiger partial charge >= 0.3 is 0 Å². The SMILES string of the molecule is O=C(CCc1csc(NS(=O)(=O)c2ccccc2)n1)Nc1cccc2ccccc12. The molecule has 0 aliphatic heterocycles. The summed E-state index contributed by atoms with van der Waals surface area (Å²) in [7, 11) is -3.67. The molecule has 4 rings (SSSR count). The van der Waals surface area contributed by atoms with Gasteiger partial charge in [0.05, 0.1) is 10.6 Å². The number of rotatable bonds is 7. The predicted molar refractivity (Wildman–Crippen MR) is 120 cm³/mol. The Labute approximate surface area is 178 Å². The molecule has 0 spiro atoms. The van der Waals surface area contributed by atoms with Crippen LogP contribution in [0.2, 0.25) is 0 Å². The fraction of sp³-hybridized carbons (Fsp3) is 0.0909. The van der Waals surface area contributed by atoms with Crippen molar-refractivity contribution < 1.29 is 13.2 Å². The number of hydrogen-bond donors (Lipinski definition) is 2. The molecule has 0 atom stereocenters. The summed E-state index contributed by atoms with van der Waals surface area (Å²) in [5.41, 5.74) is 1.44. The zero-order valence-electron chi connectivity index (χ0n) is 15.9. The minimum Gasteiger partial charge on any atom is -0.326 e. The van der Waals surface area contributed by atoms with Crippen LogP contribution in [0.4, 0.5) is 10.8 Å². The molecule has 0 saturated carbocycles. The van der Waals surface area contributed by atoms with Gasteiger partial charge in [-0.2, -0.15) is 0 Å². The Bertz CT molecular complexity index is 1280. The van der Waals surface area contributed by atoms with E-state index in [1.807, 2.05) is 42.5 Å². The number of carbonyl (C=O) groups is 1. The van der Waals surface area contributed by atoms with Crippen LogP contribution in [0.5, 0.6) is 0 Å². The zero-order valence-corrected chi connectivity index (χ0v) is 17.5. The average Bonchev–Trinajstić information content (AvgIpc) is 3.20. The lowest BCUT2D eigenvalue weighted by Gasteiger charge is -2.08. The van der Waals surface area contributed by atoms with Gasteiger partial charge in [0.25, 0.3) is 10.0 Å². The van der Waals surface area contributed by atoms with Gasteiger partial charge in [0.2, 0.25) is 5.91 Å². The molecular weight excluding hydrogens is 418 g/mol. The first-order valence-electron chi connectivity index (χ1n) is 9.31. The van der Waals surface area contributed by atoms with Gasteiger partial charge in [-0.15, -0.1) is 11.3 Å². The molecule has 0 aliphatic rings. The molecule has 4 aromatic rings. The Hall–Kier alpha value is -3.23. The normalized spacial score (nSPS) is 11.3. The molecule has 1 aromatic heterocycles. The quantitative estimate of drug-likeness (QED) is 0.440. The number of anilines is 2. The molecular formula is C22H19N3O3S2. The third kappa shape index (κ3) is 4.67. The van der Waals surface area contributed by atoms with Gasteiger partial charge in [-0.25, -0.2) is 13.4 Å². The van der Waals surface area contributed by atoms with E-state index in [-0.39, 0.29) is 22.4 Å². The molecule has 2 N–H and O–H groups in total. The van der Waals surface area contributed by atoms with E-state index < -0.39 is 10.0 Å². The molecule has 30 heavy (non-hydrogen) atoms. The number of thiazole rings is 1. The van der Waals surface area contributed by atoms with Gasteiger partial charge in [0, 0.05) is 22.9 Å². The van der Waals surface area contributed by atoms with Crippen molar-refractivity contribution in [2.45, 2.75) is 17.7 Å². The number of benzene rings is 3. The third-order valence-corrected chi connectivity index (χ3v) is 6.79. The van der Waals surface area contributed by atoms with Crippen molar-refractivity contribution in [1.29, 1.82) is 0 Å². The molecule has 0 unspecified atom stereocenters. The Morgan fingerprint density at radius 1 is 0.933 bits per heavy atom. The second-order valence-electron chi connectivity index (χ2n) is 6.64. The van der Waals surface area contributed by atoms with Crippen molar-refractivity contribution in [3.8, 4) is 0 Å². The molecule has 0 fully saturated rings. The maximum Gasteiger partial charge on any atom is 0.263 e. The monoisotopic (exact) mass is 437 g/mol. The van der Waals surface area contributed by atoms with Crippen molar-refractivity contribution >= 4 is 48.9 Å². The lowest BCUT2D eigenvalue weighted by molar-refractivity contribution is -0.116. The summed E-state index contributed by atoms with van der Waals surface area (Å²) in [6.45, 7) is 0. The van der Waals surface area contributed by atoms with E-state index in [4.69, 9.17) is 0 Å². The number of nitrogens with one attached hydrogen (secondary N) is 2. The number of aromatic nitrogens is 1. The van der Waals surface area contributed by atoms with Gasteiger partial charge in [0.15, 0.2) is 5.13 Å². The van der Waals surface area contributed by atoms with Crippen molar-refractivity contribution in [2.75, 3.05) is 10.0 Å². The molecule has 0 bridgehead atoms. The summed E-state index contributed by atoms with van der Waals surface area (Å²) in [6, 6.07) is 21.8. The topological polar surface area (TPSA) is 88.2 Å². The molecule has 8 heteroatoms. The largest absolute Gasteiger partial charge is 0.326 e. The molecule has 1 amide bonds. The first kappa shape index (κ1) is 20.1. The van der Waals surface area contributed by atoms with Crippen LogP contribution in [-0.4, -0.2) is 19.3 Å². The van der Waals surface area contributed by atoms with E-state index in [0.29, 0.717) is 12.1 Å². The van der Waals surface area contributed by atoms with Crippen LogP contribution in [0.3, 0.4) is 0 Å². The van der Waals surface area contributed by atoms with Crippen molar-refractivity contribution in [2.24, 2.45) is 0 Å². The molecule has 0 saturated heterocycles. The summed E-state index contributed by atoms with van der Waals surface area (Å²) in [6.07, 6.45) is 0.665. The molecule has 0 radical (unpaired) electrons. The van der Waals surface area contributed by atoms with Gasteiger partial charge in [-0.05, 0) is 30.0 Å². The summed E-state index contributed by atoms with van der Waals surface area (Å²) >= 11 is 1.20. The van der Waals surface area contributed by atoms with Crippen LogP contribution in [0.15, 0.2) is 83.1 Å². The highest BCUT2D eigenvalue weighted by Crippen LogP contribution is 2.24. The van der Waals surface area contributed by atoms with Gasteiger partial charge in [0.1, 0.15) is 0 Å². The molecule has 1 heterocycles. The fourth-order valence-electron chi connectivity index (χ4n) is 3.03. The standard InChI is InChI=1S/C22H19N3O3S2/c26-21(24-20-12-6-8-16-7-4-5-11-19(16)20)14-13-17-15-29-22(23-17)25-30(27,28)18-9-2-1-3-10-18/h1-12,15H,13-14H2,(H,23,25)(H,24,26). The van der Waals surface area contributed by atoms with E-state index in [2.05, 4.69) is 15.0 Å². The van der Waals surface area contributed by atoms with E-state index in [0.717, 1.165) is 16.5 Å².